The van der Waals surface area contributed by atoms with Crippen LogP contribution in [-0.2, 0) is 11.3 Å². The number of aliphatic hydroxyl groups excluding tert-OH is 2. The molecule has 0 heterocycles. The molecule has 120 valence electrons. The van der Waals surface area contributed by atoms with Crippen molar-refractivity contribution in [2.75, 3.05) is 46.6 Å². The molecule has 0 aliphatic heterocycles. The van der Waals surface area contributed by atoms with E-state index in [4.69, 9.17) is 20.3 Å². The number of aliphatic hydroxyl groups is 2. The highest BCUT2D eigenvalue weighted by molar-refractivity contribution is 5.28. The monoisotopic (exact) mass is 298 g/mol. The van der Waals surface area contributed by atoms with Crippen LogP contribution in [0.5, 0.6) is 5.75 Å². The third kappa shape index (κ3) is 7.40. The second kappa shape index (κ2) is 10.5. The van der Waals surface area contributed by atoms with Crippen molar-refractivity contribution in [2.24, 2.45) is 5.73 Å². The predicted octanol–water partition coefficient (Wildman–Crippen LogP) is -0.174. The van der Waals surface area contributed by atoms with Gasteiger partial charge in [-0.1, -0.05) is 12.1 Å². The Morgan fingerprint density at radius 3 is 2.81 bits per heavy atom. The van der Waals surface area contributed by atoms with E-state index >= 15 is 0 Å². The highest BCUT2D eigenvalue weighted by Crippen LogP contribution is 2.13. The van der Waals surface area contributed by atoms with Crippen LogP contribution >= 0.6 is 0 Å². The molecule has 0 saturated heterocycles. The lowest BCUT2D eigenvalue weighted by atomic mass is 10.2. The fourth-order valence-corrected chi connectivity index (χ4v) is 1.96. The van der Waals surface area contributed by atoms with Crippen LogP contribution in [0.4, 0.5) is 0 Å². The van der Waals surface area contributed by atoms with Crippen molar-refractivity contribution in [2.45, 2.75) is 12.6 Å². The summed E-state index contributed by atoms with van der Waals surface area (Å²) >= 11 is 0. The molecule has 1 rings (SSSR count). The summed E-state index contributed by atoms with van der Waals surface area (Å²) in [5, 5.41) is 19.0. The molecule has 6 heteroatoms. The minimum absolute atomic E-state index is 0.0514. The van der Waals surface area contributed by atoms with Crippen LogP contribution in [0.2, 0.25) is 0 Å². The summed E-state index contributed by atoms with van der Waals surface area (Å²) in [4.78, 5) is 1.94. The Morgan fingerprint density at radius 2 is 2.14 bits per heavy atom. The summed E-state index contributed by atoms with van der Waals surface area (Å²) in [6, 6.07) is 7.50. The van der Waals surface area contributed by atoms with E-state index in [1.54, 1.807) is 7.11 Å². The Bertz CT molecular complexity index is 390. The topological polar surface area (TPSA) is 88.2 Å². The molecular weight excluding hydrogens is 272 g/mol. The van der Waals surface area contributed by atoms with Gasteiger partial charge < -0.3 is 25.4 Å². The van der Waals surface area contributed by atoms with Gasteiger partial charge in [0.15, 0.2) is 0 Å². The summed E-state index contributed by atoms with van der Waals surface area (Å²) < 4.78 is 10.6. The Balaban J connectivity index is 2.38. The minimum Gasteiger partial charge on any atom is -0.491 e. The fraction of sp³-hybridized carbons (Fsp3) is 0.600. The predicted molar refractivity (Wildman–Crippen MR) is 81.2 cm³/mol. The van der Waals surface area contributed by atoms with Crippen molar-refractivity contribution in [3.8, 4) is 5.75 Å². The van der Waals surface area contributed by atoms with Crippen molar-refractivity contribution in [1.29, 1.82) is 0 Å². The number of benzene rings is 1. The maximum Gasteiger partial charge on any atom is 0.119 e. The highest BCUT2D eigenvalue weighted by Gasteiger charge is 2.12. The highest BCUT2D eigenvalue weighted by atomic mass is 16.5. The van der Waals surface area contributed by atoms with Crippen molar-refractivity contribution in [1.82, 2.24) is 4.90 Å². The maximum absolute atomic E-state index is 10.0. The van der Waals surface area contributed by atoms with Gasteiger partial charge in [0.25, 0.3) is 0 Å². The van der Waals surface area contributed by atoms with E-state index < -0.39 is 6.10 Å². The Kier molecular flexibility index (Phi) is 8.96. The lowest BCUT2D eigenvalue weighted by molar-refractivity contribution is 0.0505. The molecule has 0 fully saturated rings. The summed E-state index contributed by atoms with van der Waals surface area (Å²) in [6.07, 6.45) is -0.630. The van der Waals surface area contributed by atoms with Gasteiger partial charge in [0.2, 0.25) is 0 Å². The van der Waals surface area contributed by atoms with Crippen molar-refractivity contribution >= 4 is 0 Å². The van der Waals surface area contributed by atoms with E-state index in [0.717, 1.165) is 5.56 Å². The van der Waals surface area contributed by atoms with E-state index in [2.05, 4.69) is 0 Å². The first-order chi connectivity index (χ1) is 10.2. The van der Waals surface area contributed by atoms with Crippen LogP contribution in [0, 0.1) is 0 Å². The molecule has 1 aromatic carbocycles. The lowest BCUT2D eigenvalue weighted by Crippen LogP contribution is -2.39. The van der Waals surface area contributed by atoms with Crippen molar-refractivity contribution in [3.05, 3.63) is 29.8 Å². The molecule has 21 heavy (non-hydrogen) atoms. The first-order valence-electron chi connectivity index (χ1n) is 7.11. The van der Waals surface area contributed by atoms with Crippen LogP contribution in [0.25, 0.3) is 0 Å². The number of ether oxygens (including phenoxy) is 2. The SMILES string of the molecule is COCCN(CCO)CC(O)COc1cccc(CN)c1. The lowest BCUT2D eigenvalue weighted by Gasteiger charge is -2.24. The Hall–Kier alpha value is -1.18. The van der Waals surface area contributed by atoms with Gasteiger partial charge in [-0.05, 0) is 17.7 Å². The molecule has 4 N–H and O–H groups in total. The molecule has 0 aliphatic carbocycles. The average Bonchev–Trinajstić information content (AvgIpc) is 2.51. The Labute approximate surface area is 126 Å². The first kappa shape index (κ1) is 17.9. The molecule has 0 radical (unpaired) electrons. The molecule has 0 amide bonds. The zero-order chi connectivity index (χ0) is 15.5. The van der Waals surface area contributed by atoms with Gasteiger partial charge in [-0.25, -0.2) is 0 Å². The van der Waals surface area contributed by atoms with Gasteiger partial charge in [0, 0.05) is 33.3 Å². The van der Waals surface area contributed by atoms with E-state index in [1.807, 2.05) is 29.2 Å². The van der Waals surface area contributed by atoms with Crippen molar-refractivity contribution < 1.29 is 19.7 Å². The maximum atomic E-state index is 10.0. The summed E-state index contributed by atoms with van der Waals surface area (Å²) in [7, 11) is 1.63. The number of nitrogens with two attached hydrogens (primary N) is 1. The van der Waals surface area contributed by atoms with E-state index in [9.17, 15) is 5.11 Å². The summed E-state index contributed by atoms with van der Waals surface area (Å²) in [6.45, 7) is 2.87. The summed E-state index contributed by atoms with van der Waals surface area (Å²) in [5.41, 5.74) is 6.56. The molecule has 0 aromatic heterocycles. The van der Waals surface area contributed by atoms with Crippen LogP contribution in [0.3, 0.4) is 0 Å². The second-order valence-electron chi connectivity index (χ2n) is 4.83. The van der Waals surface area contributed by atoms with Gasteiger partial charge in [-0.3, -0.25) is 4.90 Å². The van der Waals surface area contributed by atoms with Gasteiger partial charge in [-0.2, -0.15) is 0 Å². The number of hydrogen-bond donors (Lipinski definition) is 3. The quantitative estimate of drug-likeness (QED) is 0.525. The fourth-order valence-electron chi connectivity index (χ4n) is 1.96. The third-order valence-corrected chi connectivity index (χ3v) is 3.07. The molecule has 1 atom stereocenters. The van der Waals surface area contributed by atoms with Crippen LogP contribution in [0.15, 0.2) is 24.3 Å². The smallest absolute Gasteiger partial charge is 0.119 e. The Morgan fingerprint density at radius 1 is 1.33 bits per heavy atom. The van der Waals surface area contributed by atoms with Gasteiger partial charge in [0.1, 0.15) is 18.5 Å². The van der Waals surface area contributed by atoms with Crippen LogP contribution < -0.4 is 10.5 Å². The van der Waals surface area contributed by atoms with Crippen LogP contribution in [0.1, 0.15) is 5.56 Å². The number of nitrogens with zero attached hydrogens (tertiary/aromatic N) is 1. The van der Waals surface area contributed by atoms with Gasteiger partial charge >= 0.3 is 0 Å². The van der Waals surface area contributed by atoms with Crippen molar-refractivity contribution in [3.63, 3.8) is 0 Å². The zero-order valence-corrected chi connectivity index (χ0v) is 12.6. The molecule has 0 aliphatic rings. The van der Waals surface area contributed by atoms with E-state index in [1.165, 1.54) is 0 Å². The molecule has 1 unspecified atom stereocenters. The molecule has 0 saturated carbocycles. The van der Waals surface area contributed by atoms with Gasteiger partial charge in [0.05, 0.1) is 13.2 Å². The second-order valence-corrected chi connectivity index (χ2v) is 4.83. The average molecular weight is 298 g/mol. The van der Waals surface area contributed by atoms with Gasteiger partial charge in [-0.15, -0.1) is 0 Å². The van der Waals surface area contributed by atoms with E-state index in [-0.39, 0.29) is 13.2 Å². The number of methoxy groups -OCH3 is 1. The molecular formula is C15H26N2O4. The standard InChI is InChI=1S/C15H26N2O4/c1-20-8-6-17(5-7-18)11-14(19)12-21-15-4-2-3-13(9-15)10-16/h2-4,9,14,18-19H,5-8,10-12,16H2,1H3. The number of hydrogen-bond acceptors (Lipinski definition) is 6. The molecule has 0 bridgehead atoms. The number of rotatable bonds is 11. The third-order valence-electron chi connectivity index (χ3n) is 3.07. The molecule has 0 spiro atoms. The van der Waals surface area contributed by atoms with E-state index in [0.29, 0.717) is 38.5 Å². The van der Waals surface area contributed by atoms with Crippen LogP contribution in [-0.4, -0.2) is 67.8 Å². The molecule has 1 aromatic rings. The zero-order valence-electron chi connectivity index (χ0n) is 12.6. The normalized spacial score (nSPS) is 12.6. The molecule has 6 nitrogen and oxygen atoms in total. The largest absolute Gasteiger partial charge is 0.491 e. The first-order valence-corrected chi connectivity index (χ1v) is 7.11. The summed E-state index contributed by atoms with van der Waals surface area (Å²) in [5.74, 6) is 0.697. The minimum atomic E-state index is -0.630.